The van der Waals surface area contributed by atoms with Crippen LogP contribution in [-0.4, -0.2) is 13.4 Å². The Hall–Kier alpha value is -8.35. The van der Waals surface area contributed by atoms with E-state index in [1.165, 1.54) is 221 Å². The van der Waals surface area contributed by atoms with Gasteiger partial charge in [0, 0.05) is 62.0 Å². The fourth-order valence-electron chi connectivity index (χ4n) is 29.6. The molecule has 0 amide bonds. The Balaban J connectivity index is 0.787. The van der Waals surface area contributed by atoms with E-state index in [1.807, 2.05) is 0 Å². The topological polar surface area (TPSA) is 39.2 Å². The van der Waals surface area contributed by atoms with E-state index in [4.69, 9.17) is 8.83 Å². The molecule has 10 aromatic rings. The van der Waals surface area contributed by atoms with Gasteiger partial charge in [-0.3, -0.25) is 9.80 Å². The van der Waals surface area contributed by atoms with Gasteiger partial charge in [-0.1, -0.05) is 265 Å². The molecular formula is C127H162B2N4O2. The van der Waals surface area contributed by atoms with E-state index in [2.05, 4.69) is 378 Å². The monoisotopic (exact) mass is 1800 g/mol. The quantitative estimate of drug-likeness (QED) is 0.141. The molecule has 6 nitrogen and oxygen atoms in total. The number of fused-ring (bicyclic) bond motifs is 18. The Labute approximate surface area is 815 Å². The fourth-order valence-corrected chi connectivity index (χ4v) is 29.6. The van der Waals surface area contributed by atoms with E-state index >= 15 is 0 Å². The van der Waals surface area contributed by atoms with Crippen LogP contribution in [-0.2, 0) is 92.1 Å². The van der Waals surface area contributed by atoms with E-state index in [1.54, 1.807) is 0 Å². The van der Waals surface area contributed by atoms with E-state index in [-0.39, 0.29) is 105 Å². The second-order valence-electron chi connectivity index (χ2n) is 57.3. The average molecular weight is 1800 g/mol. The third-order valence-electron chi connectivity index (χ3n) is 40.2. The molecule has 708 valence electrons. The molecule has 0 fully saturated rings. The summed E-state index contributed by atoms with van der Waals surface area (Å²) >= 11 is 0. The highest BCUT2D eigenvalue weighted by Crippen LogP contribution is 2.64. The molecule has 8 heteroatoms. The molecule has 0 saturated heterocycles. The summed E-state index contributed by atoms with van der Waals surface area (Å²) in [5.74, 6) is 4.42. The second-order valence-corrected chi connectivity index (χ2v) is 57.3. The molecule has 8 aliphatic carbocycles. The number of furan rings is 2. The number of anilines is 12. The molecule has 0 N–H and O–H groups in total. The maximum Gasteiger partial charge on any atom is 0.256 e. The van der Waals surface area contributed by atoms with Crippen LogP contribution in [0, 0.1) is 20.8 Å². The van der Waals surface area contributed by atoms with Crippen molar-refractivity contribution < 1.29 is 8.83 Å². The Bertz CT molecular complexity index is 6800. The zero-order valence-electron chi connectivity index (χ0n) is 90.4. The zero-order chi connectivity index (χ0) is 96.8. The maximum atomic E-state index is 8.27. The normalized spacial score (nSPS) is 24.1. The van der Waals surface area contributed by atoms with Crippen molar-refractivity contribution in [3.05, 3.63) is 221 Å². The summed E-state index contributed by atoms with van der Waals surface area (Å²) in [6.45, 7) is 91.0. The summed E-state index contributed by atoms with van der Waals surface area (Å²) in [7, 11) is 0. The van der Waals surface area contributed by atoms with Gasteiger partial charge in [0.1, 0.15) is 11.5 Å². The van der Waals surface area contributed by atoms with Crippen molar-refractivity contribution in [2.75, 3.05) is 19.6 Å². The molecule has 4 aliphatic heterocycles. The molecule has 22 rings (SSSR count). The standard InChI is InChI=1S/C127H162B2N4O2/c1-73-59-97-103-98(60-73)133(94-70-87-82(62-75(94)3)115(12,13)46-49-120(87,22)23)110-106(102-108(135-110)126(34,35)54-52-124(102,30)31)129(103)92-68-90-89(72-95(92)130(97)77-37-39-79-83(65-77)116(14,15)43-41-112(79,6)7)122(26,27)56-58-127(90,36)57-55-111(4,5)76-63-99-104-100(64-76)132(93-69-86-81(61-74(93)2)114(10,11)45-48-119(86,20)21)96-71-88-85(118(18,19)47-50-121(88,24)25)67-91(96)128(104)105-101-107(125(32,33)53-51-123(101,28)29)134-109(105)131(99)78-38-40-80-84(66-78)117(16,17)44-42-113(80,8)9/h37-40,59-72H,41-58H2,1-36H3. The zero-order valence-corrected chi connectivity index (χ0v) is 90.4. The summed E-state index contributed by atoms with van der Waals surface area (Å²) in [5, 5.41) is 0. The number of benzene rings is 8. The largest absolute Gasteiger partial charge is 0.444 e. The molecule has 1 atom stereocenters. The van der Waals surface area contributed by atoms with Crippen LogP contribution in [0.4, 0.5) is 68.6 Å². The number of hydrogen-bond acceptors (Lipinski definition) is 6. The van der Waals surface area contributed by atoms with Crippen molar-refractivity contribution in [1.29, 1.82) is 0 Å². The van der Waals surface area contributed by atoms with Crippen LogP contribution in [0.5, 0.6) is 0 Å². The third kappa shape index (κ3) is 13.1. The molecule has 0 radical (unpaired) electrons. The first-order valence-electron chi connectivity index (χ1n) is 53.3. The minimum Gasteiger partial charge on any atom is -0.444 e. The van der Waals surface area contributed by atoms with Crippen LogP contribution >= 0.6 is 0 Å². The molecule has 1 unspecified atom stereocenters. The first-order chi connectivity index (χ1) is 62.4. The highest BCUT2D eigenvalue weighted by molar-refractivity contribution is 7.01. The Morgan fingerprint density at radius 3 is 0.963 bits per heavy atom. The molecule has 2 aromatic heterocycles. The van der Waals surface area contributed by atoms with Crippen LogP contribution < -0.4 is 52.4 Å². The minimum absolute atomic E-state index is 0.00540. The molecule has 0 bridgehead atoms. The second kappa shape index (κ2) is 28.1. The van der Waals surface area contributed by atoms with Crippen molar-refractivity contribution in [3.8, 4) is 0 Å². The van der Waals surface area contributed by atoms with E-state index < -0.39 is 0 Å². The van der Waals surface area contributed by atoms with Crippen LogP contribution in [0.15, 0.2) is 118 Å². The van der Waals surface area contributed by atoms with Crippen molar-refractivity contribution in [1.82, 2.24) is 0 Å². The van der Waals surface area contributed by atoms with Crippen LogP contribution in [0.3, 0.4) is 0 Å². The van der Waals surface area contributed by atoms with Gasteiger partial charge in [0.2, 0.25) is 0 Å². The maximum absolute atomic E-state index is 8.27. The van der Waals surface area contributed by atoms with Gasteiger partial charge in [-0.15, -0.1) is 0 Å². The molecule has 12 aliphatic rings. The van der Waals surface area contributed by atoms with Crippen LogP contribution in [0.25, 0.3) is 0 Å². The van der Waals surface area contributed by atoms with E-state index in [9.17, 15) is 0 Å². The summed E-state index contributed by atoms with van der Waals surface area (Å²) < 4.78 is 16.5. The summed E-state index contributed by atoms with van der Waals surface area (Å²) in [4.78, 5) is 11.1. The van der Waals surface area contributed by atoms with E-state index in [0.717, 1.165) is 108 Å². The van der Waals surface area contributed by atoms with Gasteiger partial charge in [-0.05, 0) is 423 Å². The lowest BCUT2D eigenvalue weighted by Crippen LogP contribution is -2.63. The van der Waals surface area contributed by atoms with Gasteiger partial charge < -0.3 is 18.6 Å². The summed E-state index contributed by atoms with van der Waals surface area (Å²) in [5.41, 5.74) is 46.1. The number of aryl methyl sites for hydroxylation is 3. The van der Waals surface area contributed by atoms with Gasteiger partial charge in [0.15, 0.2) is 11.8 Å². The molecule has 135 heavy (non-hydrogen) atoms. The summed E-state index contributed by atoms with van der Waals surface area (Å²) in [6.07, 6.45) is 20.0. The molecule has 8 aromatic carbocycles. The lowest BCUT2D eigenvalue weighted by molar-refractivity contribution is 0.272. The highest BCUT2D eigenvalue weighted by atomic mass is 16.4. The van der Waals surface area contributed by atoms with Gasteiger partial charge in [-0.25, -0.2) is 0 Å². The lowest BCUT2D eigenvalue weighted by Gasteiger charge is -2.49. The van der Waals surface area contributed by atoms with Crippen LogP contribution in [0.1, 0.15) is 456 Å². The van der Waals surface area contributed by atoms with Gasteiger partial charge >= 0.3 is 0 Å². The van der Waals surface area contributed by atoms with Crippen molar-refractivity contribution >= 4 is 115 Å². The lowest BCUT2D eigenvalue weighted by atomic mass is 9.32. The predicted octanol–water partition coefficient (Wildman–Crippen LogP) is 31.5. The minimum atomic E-state index is -0.358. The predicted molar refractivity (Wildman–Crippen MR) is 579 cm³/mol. The molecular weight excluding hydrogens is 1640 g/mol. The average Bonchev–Trinajstić information content (AvgIpc) is 1.59. The smallest absolute Gasteiger partial charge is 0.256 e. The fraction of sp³-hybridized carbons (Fsp3) is 0.559. The third-order valence-corrected chi connectivity index (χ3v) is 40.2. The Morgan fingerprint density at radius 1 is 0.259 bits per heavy atom. The first kappa shape index (κ1) is 91.7. The SMILES string of the molecule is Cc1cc2c3c(c1)N(c1cc4c(cc1C)C(C)(C)CCC4(C)C)c1oc4c(c1B3c1cc3c(cc1N2c1ccc2c(c1)C(C)(C)CCC2(C)C)C(C)(C)CCC3(C)CCC(C)(C)c1cc2c3c(c1)N(c1ccc5c(c1)C(C)(C)CCC5(C)C)c1oc5c(c1B3c1cc3c(cc1N2c1cc2c(cc1C)C(C)(C)CCC2(C)C)C(C)(C)CCC3(C)C)C(C)(C)CCC5(C)C)C(C)(C)CCC4(C)C. The van der Waals surface area contributed by atoms with Crippen molar-refractivity contribution in [2.45, 2.75) is 457 Å². The van der Waals surface area contributed by atoms with Crippen molar-refractivity contribution in [3.63, 3.8) is 0 Å². The van der Waals surface area contributed by atoms with Gasteiger partial charge in [-0.2, -0.15) is 0 Å². The molecule has 0 saturated carbocycles. The van der Waals surface area contributed by atoms with Crippen molar-refractivity contribution in [2.24, 2.45) is 0 Å². The number of nitrogens with zero attached hydrogens (tertiary/aromatic N) is 4. The highest BCUT2D eigenvalue weighted by Gasteiger charge is 2.59. The van der Waals surface area contributed by atoms with Gasteiger partial charge in [0.05, 0.1) is 5.69 Å². The molecule has 0 spiro atoms. The first-order valence-corrected chi connectivity index (χ1v) is 53.3. The number of hydrogen-bond donors (Lipinski definition) is 0. The summed E-state index contributed by atoms with van der Waals surface area (Å²) in [6, 6.07) is 48.2. The van der Waals surface area contributed by atoms with Crippen LogP contribution in [0.2, 0.25) is 0 Å². The number of rotatable bonds is 8. The van der Waals surface area contributed by atoms with E-state index in [0.29, 0.717) is 0 Å². The Kier molecular flexibility index (Phi) is 19.1. The Morgan fingerprint density at radius 2 is 0.548 bits per heavy atom. The molecule has 6 heterocycles. The van der Waals surface area contributed by atoms with Gasteiger partial charge in [0.25, 0.3) is 13.4 Å².